The average molecular weight is 203 g/mol. The lowest BCUT2D eigenvalue weighted by molar-refractivity contribution is 0.507. The molecule has 0 radical (unpaired) electrons. The Hall–Kier alpha value is -1.62. The van der Waals surface area contributed by atoms with Gasteiger partial charge in [-0.3, -0.25) is 4.68 Å². The van der Waals surface area contributed by atoms with Gasteiger partial charge in [-0.15, -0.1) is 0 Å². The molecule has 0 unspecified atom stereocenters. The smallest absolute Gasteiger partial charge is 0.123 e. The van der Waals surface area contributed by atoms with Crippen LogP contribution in [0.2, 0.25) is 0 Å². The lowest BCUT2D eigenvalue weighted by atomic mass is 10.3. The minimum Gasteiger partial charge on any atom is -0.324 e. The van der Waals surface area contributed by atoms with Gasteiger partial charge in [0.15, 0.2) is 0 Å². The van der Waals surface area contributed by atoms with Crippen molar-refractivity contribution >= 4 is 0 Å². The summed E-state index contributed by atoms with van der Waals surface area (Å²) in [6.07, 6.45) is 3.75. The number of hydrogen-bond donors (Lipinski definition) is 1. The quantitative estimate of drug-likeness (QED) is 0.729. The Morgan fingerprint density at radius 1 is 1.40 bits per heavy atom. The van der Waals surface area contributed by atoms with Gasteiger partial charge in [-0.05, 0) is 6.07 Å². The number of nitrogens with one attached hydrogen (secondary N) is 1. The average Bonchev–Trinajstić information content (AvgIpc) is 2.83. The van der Waals surface area contributed by atoms with Crippen molar-refractivity contribution in [2.75, 3.05) is 6.54 Å². The molecule has 0 amide bonds. The first-order valence-corrected chi connectivity index (χ1v) is 5.10. The number of rotatable bonds is 1. The SMILES string of the molecule is Cn1nccc1-c1cnc2n1CCNC2. The van der Waals surface area contributed by atoms with Crippen LogP contribution >= 0.6 is 0 Å². The second kappa shape index (κ2) is 3.20. The van der Waals surface area contributed by atoms with Crippen LogP contribution in [0.4, 0.5) is 0 Å². The maximum atomic E-state index is 4.41. The van der Waals surface area contributed by atoms with E-state index in [1.165, 1.54) is 0 Å². The molecule has 0 aromatic carbocycles. The van der Waals surface area contributed by atoms with Crippen LogP contribution in [0.3, 0.4) is 0 Å². The van der Waals surface area contributed by atoms with Crippen molar-refractivity contribution < 1.29 is 0 Å². The molecule has 0 aliphatic carbocycles. The molecule has 0 fully saturated rings. The van der Waals surface area contributed by atoms with Crippen molar-refractivity contribution in [3.05, 3.63) is 24.3 Å². The number of fused-ring (bicyclic) bond motifs is 1. The predicted molar refractivity (Wildman–Crippen MR) is 56.1 cm³/mol. The third-order valence-electron chi connectivity index (χ3n) is 2.82. The number of hydrogen-bond acceptors (Lipinski definition) is 3. The van der Waals surface area contributed by atoms with Crippen LogP contribution < -0.4 is 5.32 Å². The van der Waals surface area contributed by atoms with Crippen LogP contribution in [0, 0.1) is 0 Å². The van der Waals surface area contributed by atoms with Gasteiger partial charge in [-0.1, -0.05) is 0 Å². The van der Waals surface area contributed by atoms with Crippen LogP contribution in [-0.4, -0.2) is 25.9 Å². The first-order valence-electron chi connectivity index (χ1n) is 5.10. The molecule has 0 atom stereocenters. The van der Waals surface area contributed by atoms with E-state index in [0.717, 1.165) is 36.8 Å². The third-order valence-corrected chi connectivity index (χ3v) is 2.82. The Kier molecular flexibility index (Phi) is 1.85. The second-order valence-electron chi connectivity index (χ2n) is 3.73. The number of aromatic nitrogens is 4. The van der Waals surface area contributed by atoms with Gasteiger partial charge >= 0.3 is 0 Å². The minimum absolute atomic E-state index is 0.859. The Morgan fingerprint density at radius 3 is 3.13 bits per heavy atom. The maximum Gasteiger partial charge on any atom is 0.123 e. The fourth-order valence-corrected chi connectivity index (χ4v) is 2.03. The molecule has 0 bridgehead atoms. The van der Waals surface area contributed by atoms with Crippen molar-refractivity contribution in [1.29, 1.82) is 0 Å². The molecule has 3 heterocycles. The standard InChI is InChI=1S/C10H13N5/c1-14-8(2-3-13-14)9-6-12-10-7-11-4-5-15(9)10/h2-3,6,11H,4-5,7H2,1H3. The second-order valence-corrected chi connectivity index (χ2v) is 3.73. The minimum atomic E-state index is 0.859. The highest BCUT2D eigenvalue weighted by atomic mass is 15.3. The van der Waals surface area contributed by atoms with Gasteiger partial charge in [0.2, 0.25) is 0 Å². The molecule has 1 N–H and O–H groups in total. The van der Waals surface area contributed by atoms with Gasteiger partial charge < -0.3 is 9.88 Å². The summed E-state index contributed by atoms with van der Waals surface area (Å²) in [6.45, 7) is 2.85. The molecule has 0 saturated carbocycles. The van der Waals surface area contributed by atoms with E-state index in [0.29, 0.717) is 0 Å². The zero-order chi connectivity index (χ0) is 10.3. The zero-order valence-corrected chi connectivity index (χ0v) is 8.64. The van der Waals surface area contributed by atoms with Crippen LogP contribution in [0.15, 0.2) is 18.5 Å². The molecule has 1 aliphatic rings. The summed E-state index contributed by atoms with van der Waals surface area (Å²) in [6, 6.07) is 2.02. The van der Waals surface area contributed by atoms with Crippen LogP contribution in [0.5, 0.6) is 0 Å². The first kappa shape index (κ1) is 8.67. The summed E-state index contributed by atoms with van der Waals surface area (Å²) in [5.41, 5.74) is 2.28. The number of imidazole rings is 1. The molecule has 15 heavy (non-hydrogen) atoms. The number of nitrogens with zero attached hydrogens (tertiary/aromatic N) is 4. The van der Waals surface area contributed by atoms with Crippen LogP contribution in [0.25, 0.3) is 11.4 Å². The predicted octanol–water partition coefficient (Wildman–Crippen LogP) is 0.387. The van der Waals surface area contributed by atoms with E-state index in [1.807, 2.05) is 30.2 Å². The third kappa shape index (κ3) is 1.27. The summed E-state index contributed by atoms with van der Waals surface area (Å²) in [5, 5.41) is 7.49. The van der Waals surface area contributed by atoms with E-state index in [1.54, 1.807) is 0 Å². The van der Waals surface area contributed by atoms with E-state index in [-0.39, 0.29) is 0 Å². The monoisotopic (exact) mass is 203 g/mol. The molecule has 5 nitrogen and oxygen atoms in total. The highest BCUT2D eigenvalue weighted by molar-refractivity contribution is 5.54. The zero-order valence-electron chi connectivity index (χ0n) is 8.64. The van der Waals surface area contributed by atoms with Gasteiger partial charge in [-0.25, -0.2) is 4.98 Å². The molecule has 1 aliphatic heterocycles. The van der Waals surface area contributed by atoms with E-state index in [4.69, 9.17) is 0 Å². The van der Waals surface area contributed by atoms with E-state index in [2.05, 4.69) is 20.0 Å². The summed E-state index contributed by atoms with van der Waals surface area (Å²) in [4.78, 5) is 4.41. The molecular weight excluding hydrogens is 190 g/mol. The Bertz CT molecular complexity index is 482. The first-order chi connectivity index (χ1) is 7.36. The highest BCUT2D eigenvalue weighted by Gasteiger charge is 2.16. The topological polar surface area (TPSA) is 47.7 Å². The van der Waals surface area contributed by atoms with Gasteiger partial charge in [0.1, 0.15) is 5.82 Å². The summed E-state index contributed by atoms with van der Waals surface area (Å²) in [7, 11) is 1.95. The van der Waals surface area contributed by atoms with E-state index in [9.17, 15) is 0 Å². The molecule has 0 spiro atoms. The van der Waals surface area contributed by atoms with Gasteiger partial charge in [-0.2, -0.15) is 5.10 Å². The van der Waals surface area contributed by atoms with Crippen molar-refractivity contribution in [2.45, 2.75) is 13.1 Å². The van der Waals surface area contributed by atoms with Crippen molar-refractivity contribution in [2.24, 2.45) is 7.05 Å². The van der Waals surface area contributed by atoms with Gasteiger partial charge in [0.05, 0.1) is 24.1 Å². The van der Waals surface area contributed by atoms with Crippen LogP contribution in [0.1, 0.15) is 5.82 Å². The van der Waals surface area contributed by atoms with Gasteiger partial charge in [0, 0.05) is 26.3 Å². The fourth-order valence-electron chi connectivity index (χ4n) is 2.03. The molecule has 2 aromatic rings. The van der Waals surface area contributed by atoms with Crippen LogP contribution in [-0.2, 0) is 20.1 Å². The van der Waals surface area contributed by atoms with E-state index < -0.39 is 0 Å². The summed E-state index contributed by atoms with van der Waals surface area (Å²) < 4.78 is 4.14. The molecule has 78 valence electrons. The Balaban J connectivity index is 2.13. The lowest BCUT2D eigenvalue weighted by Gasteiger charge is -2.17. The molecule has 0 saturated heterocycles. The molecule has 2 aromatic heterocycles. The fraction of sp³-hybridized carbons (Fsp3) is 0.400. The van der Waals surface area contributed by atoms with Crippen molar-refractivity contribution in [3.63, 3.8) is 0 Å². The lowest BCUT2D eigenvalue weighted by Crippen LogP contribution is -2.28. The summed E-state index contributed by atoms with van der Waals surface area (Å²) >= 11 is 0. The highest BCUT2D eigenvalue weighted by Crippen LogP contribution is 2.20. The Labute approximate surface area is 87.7 Å². The molecule has 5 heteroatoms. The summed E-state index contributed by atoms with van der Waals surface area (Å²) in [5.74, 6) is 1.11. The molecule has 3 rings (SSSR count). The maximum absolute atomic E-state index is 4.41. The number of aryl methyl sites for hydroxylation is 1. The van der Waals surface area contributed by atoms with Gasteiger partial charge in [0.25, 0.3) is 0 Å². The Morgan fingerprint density at radius 2 is 2.33 bits per heavy atom. The van der Waals surface area contributed by atoms with Crippen molar-refractivity contribution in [1.82, 2.24) is 24.6 Å². The molecular formula is C10H13N5. The normalized spacial score (nSPS) is 15.3. The van der Waals surface area contributed by atoms with E-state index >= 15 is 0 Å². The van der Waals surface area contributed by atoms with Crippen molar-refractivity contribution in [3.8, 4) is 11.4 Å². The largest absolute Gasteiger partial charge is 0.324 e.